The van der Waals surface area contributed by atoms with Gasteiger partial charge in [0.1, 0.15) is 17.1 Å². The minimum absolute atomic E-state index is 0.155. The molecule has 0 saturated heterocycles. The van der Waals surface area contributed by atoms with Crippen LogP contribution in [-0.2, 0) is 4.74 Å². The molecule has 0 unspecified atom stereocenters. The SMILES string of the molecule is CC(=O)c1cccc(NC(=O)OC(C)(C)C)n1. The van der Waals surface area contributed by atoms with Gasteiger partial charge >= 0.3 is 6.09 Å². The lowest BCUT2D eigenvalue weighted by molar-refractivity contribution is 0.0635. The summed E-state index contributed by atoms with van der Waals surface area (Å²) in [4.78, 5) is 26.5. The van der Waals surface area contributed by atoms with Gasteiger partial charge < -0.3 is 4.74 Å². The molecule has 0 fully saturated rings. The highest BCUT2D eigenvalue weighted by molar-refractivity contribution is 5.93. The van der Waals surface area contributed by atoms with Crippen molar-refractivity contribution in [3.63, 3.8) is 0 Å². The fourth-order valence-corrected chi connectivity index (χ4v) is 1.11. The number of hydrogen-bond donors (Lipinski definition) is 1. The lowest BCUT2D eigenvalue weighted by Crippen LogP contribution is -2.27. The molecule has 17 heavy (non-hydrogen) atoms. The standard InChI is InChI=1S/C12H16N2O3/c1-8(15)9-6-5-7-10(13-9)14-11(16)17-12(2,3)4/h5-7H,1-4H3,(H,13,14,16). The highest BCUT2D eigenvalue weighted by atomic mass is 16.6. The maximum Gasteiger partial charge on any atom is 0.413 e. The van der Waals surface area contributed by atoms with Crippen LogP contribution in [0.1, 0.15) is 38.2 Å². The van der Waals surface area contributed by atoms with Gasteiger partial charge in [-0.05, 0) is 32.9 Å². The highest BCUT2D eigenvalue weighted by Crippen LogP contribution is 2.10. The first-order valence-electron chi connectivity index (χ1n) is 5.26. The number of nitrogens with one attached hydrogen (secondary N) is 1. The summed E-state index contributed by atoms with van der Waals surface area (Å²) < 4.78 is 5.07. The average molecular weight is 236 g/mol. The summed E-state index contributed by atoms with van der Waals surface area (Å²) in [5.74, 6) is 0.143. The van der Waals surface area contributed by atoms with E-state index in [2.05, 4.69) is 10.3 Å². The molecular weight excluding hydrogens is 220 g/mol. The third-order valence-electron chi connectivity index (χ3n) is 1.74. The molecule has 0 aromatic carbocycles. The number of hydrogen-bond acceptors (Lipinski definition) is 4. The first-order chi connectivity index (χ1) is 7.78. The molecule has 1 aromatic rings. The number of pyridine rings is 1. The Bertz CT molecular complexity index is 436. The zero-order chi connectivity index (χ0) is 13.1. The molecule has 0 aliphatic carbocycles. The Kier molecular flexibility index (Phi) is 3.83. The quantitative estimate of drug-likeness (QED) is 0.801. The Morgan fingerprint density at radius 3 is 2.47 bits per heavy atom. The van der Waals surface area contributed by atoms with Gasteiger partial charge in [0, 0.05) is 6.92 Å². The topological polar surface area (TPSA) is 68.3 Å². The summed E-state index contributed by atoms with van der Waals surface area (Å²) >= 11 is 0. The van der Waals surface area contributed by atoms with Crippen LogP contribution in [0.5, 0.6) is 0 Å². The predicted molar refractivity (Wildman–Crippen MR) is 64.1 cm³/mol. The van der Waals surface area contributed by atoms with Gasteiger partial charge in [-0.15, -0.1) is 0 Å². The lowest BCUT2D eigenvalue weighted by atomic mass is 10.2. The molecule has 0 atom stereocenters. The van der Waals surface area contributed by atoms with E-state index in [-0.39, 0.29) is 5.78 Å². The molecule has 0 aliphatic heterocycles. The summed E-state index contributed by atoms with van der Waals surface area (Å²) in [6, 6.07) is 4.83. The van der Waals surface area contributed by atoms with E-state index in [0.29, 0.717) is 11.5 Å². The van der Waals surface area contributed by atoms with Crippen molar-refractivity contribution >= 4 is 17.7 Å². The van der Waals surface area contributed by atoms with Crippen LogP contribution in [0.2, 0.25) is 0 Å². The van der Waals surface area contributed by atoms with E-state index < -0.39 is 11.7 Å². The van der Waals surface area contributed by atoms with Crippen LogP contribution in [0.4, 0.5) is 10.6 Å². The Morgan fingerprint density at radius 1 is 1.29 bits per heavy atom. The van der Waals surface area contributed by atoms with Crippen LogP contribution in [0.15, 0.2) is 18.2 Å². The molecule has 1 aromatic heterocycles. The average Bonchev–Trinajstić information content (AvgIpc) is 2.14. The predicted octanol–water partition coefficient (Wildman–Crippen LogP) is 2.63. The lowest BCUT2D eigenvalue weighted by Gasteiger charge is -2.19. The maximum absolute atomic E-state index is 11.5. The van der Waals surface area contributed by atoms with Crippen molar-refractivity contribution in [3.05, 3.63) is 23.9 Å². The summed E-state index contributed by atoms with van der Waals surface area (Å²) in [5.41, 5.74) is -0.263. The van der Waals surface area contributed by atoms with Crippen molar-refractivity contribution in [1.29, 1.82) is 0 Å². The van der Waals surface area contributed by atoms with E-state index in [0.717, 1.165) is 0 Å². The Labute approximate surface area is 100 Å². The number of anilines is 1. The number of Topliss-reactive ketones (excluding diaryl/α,β-unsaturated/α-hetero) is 1. The zero-order valence-corrected chi connectivity index (χ0v) is 10.4. The number of ketones is 1. The number of nitrogens with zero attached hydrogens (tertiary/aromatic N) is 1. The Morgan fingerprint density at radius 2 is 1.94 bits per heavy atom. The van der Waals surface area contributed by atoms with Gasteiger partial charge in [-0.2, -0.15) is 0 Å². The van der Waals surface area contributed by atoms with Crippen LogP contribution in [0.3, 0.4) is 0 Å². The van der Waals surface area contributed by atoms with Gasteiger partial charge in [0.2, 0.25) is 0 Å². The molecule has 0 bridgehead atoms. The van der Waals surface area contributed by atoms with Crippen LogP contribution in [-0.4, -0.2) is 22.5 Å². The monoisotopic (exact) mass is 236 g/mol. The van der Waals surface area contributed by atoms with E-state index in [1.165, 1.54) is 6.92 Å². The van der Waals surface area contributed by atoms with Crippen molar-refractivity contribution in [2.75, 3.05) is 5.32 Å². The van der Waals surface area contributed by atoms with Gasteiger partial charge in [-0.1, -0.05) is 6.07 Å². The number of ether oxygens (including phenoxy) is 1. The maximum atomic E-state index is 11.5. The van der Waals surface area contributed by atoms with Crippen LogP contribution in [0.25, 0.3) is 0 Å². The van der Waals surface area contributed by atoms with Crippen LogP contribution in [0, 0.1) is 0 Å². The number of rotatable bonds is 2. The third kappa shape index (κ3) is 4.63. The zero-order valence-electron chi connectivity index (χ0n) is 10.4. The largest absolute Gasteiger partial charge is 0.444 e. The molecule has 5 nitrogen and oxygen atoms in total. The van der Waals surface area contributed by atoms with Gasteiger partial charge in [-0.25, -0.2) is 9.78 Å². The summed E-state index contributed by atoms with van der Waals surface area (Å²) in [6.07, 6.45) is -0.592. The van der Waals surface area contributed by atoms with Gasteiger partial charge in [-0.3, -0.25) is 10.1 Å². The fourth-order valence-electron chi connectivity index (χ4n) is 1.11. The smallest absolute Gasteiger partial charge is 0.413 e. The number of carbonyl (C=O) groups excluding carboxylic acids is 2. The Hall–Kier alpha value is -1.91. The van der Waals surface area contributed by atoms with Crippen molar-refractivity contribution < 1.29 is 14.3 Å². The second-order valence-electron chi connectivity index (χ2n) is 4.59. The molecular formula is C12H16N2O3. The van der Waals surface area contributed by atoms with E-state index in [9.17, 15) is 9.59 Å². The second-order valence-corrected chi connectivity index (χ2v) is 4.59. The van der Waals surface area contributed by atoms with Crippen molar-refractivity contribution in [3.8, 4) is 0 Å². The second kappa shape index (κ2) is 4.95. The first-order valence-corrected chi connectivity index (χ1v) is 5.26. The van der Waals surface area contributed by atoms with Crippen molar-refractivity contribution in [1.82, 2.24) is 4.98 Å². The minimum atomic E-state index is -0.592. The molecule has 0 saturated carbocycles. The summed E-state index contributed by atoms with van der Waals surface area (Å²) in [5, 5.41) is 2.47. The van der Waals surface area contributed by atoms with Crippen LogP contribution >= 0.6 is 0 Å². The van der Waals surface area contributed by atoms with E-state index >= 15 is 0 Å². The van der Waals surface area contributed by atoms with E-state index in [4.69, 9.17) is 4.74 Å². The molecule has 1 heterocycles. The van der Waals surface area contributed by atoms with Gasteiger partial charge in [0.05, 0.1) is 0 Å². The van der Waals surface area contributed by atoms with Crippen LogP contribution < -0.4 is 5.32 Å². The first kappa shape index (κ1) is 13.2. The fraction of sp³-hybridized carbons (Fsp3) is 0.417. The number of aromatic nitrogens is 1. The van der Waals surface area contributed by atoms with E-state index in [1.807, 2.05) is 0 Å². The van der Waals surface area contributed by atoms with Gasteiger partial charge in [0.15, 0.2) is 5.78 Å². The molecule has 1 rings (SSSR count). The van der Waals surface area contributed by atoms with Crippen molar-refractivity contribution in [2.24, 2.45) is 0 Å². The number of amides is 1. The molecule has 1 N–H and O–H groups in total. The molecule has 0 aliphatic rings. The molecule has 92 valence electrons. The highest BCUT2D eigenvalue weighted by Gasteiger charge is 2.16. The minimum Gasteiger partial charge on any atom is -0.444 e. The Balaban J connectivity index is 2.72. The summed E-state index contributed by atoms with van der Waals surface area (Å²) in [7, 11) is 0. The molecule has 0 spiro atoms. The molecule has 1 amide bonds. The normalized spacial score (nSPS) is 10.8. The van der Waals surface area contributed by atoms with E-state index in [1.54, 1.807) is 39.0 Å². The molecule has 0 radical (unpaired) electrons. The summed E-state index contributed by atoms with van der Waals surface area (Å²) in [6.45, 7) is 6.73. The third-order valence-corrected chi connectivity index (χ3v) is 1.74. The van der Waals surface area contributed by atoms with Gasteiger partial charge in [0.25, 0.3) is 0 Å². The van der Waals surface area contributed by atoms with Crippen molar-refractivity contribution in [2.45, 2.75) is 33.3 Å². The number of carbonyl (C=O) groups is 2. The molecule has 5 heteroatoms.